The molecule has 25 heavy (non-hydrogen) atoms. The molecule has 4 nitrogen and oxygen atoms in total. The van der Waals surface area contributed by atoms with E-state index in [4.69, 9.17) is 0 Å². The summed E-state index contributed by atoms with van der Waals surface area (Å²) >= 11 is 0. The summed E-state index contributed by atoms with van der Waals surface area (Å²) in [5.41, 5.74) is 3.70. The Kier molecular flexibility index (Phi) is 5.42. The second kappa shape index (κ2) is 8.11. The van der Waals surface area contributed by atoms with Crippen molar-refractivity contribution in [3.8, 4) is 0 Å². The van der Waals surface area contributed by atoms with Crippen LogP contribution in [0.4, 0.5) is 5.69 Å². The van der Waals surface area contributed by atoms with Crippen molar-refractivity contribution in [2.24, 2.45) is 0 Å². The number of carbonyl (C=O) groups is 1. The number of amides is 1. The van der Waals surface area contributed by atoms with Crippen LogP contribution < -0.4 is 10.2 Å². The van der Waals surface area contributed by atoms with Gasteiger partial charge >= 0.3 is 0 Å². The second-order valence-corrected chi connectivity index (χ2v) is 5.91. The highest BCUT2D eigenvalue weighted by Gasteiger charge is 2.08. The fourth-order valence-electron chi connectivity index (χ4n) is 2.56. The minimum Gasteiger partial charge on any atom is -0.369 e. The van der Waals surface area contributed by atoms with E-state index in [1.165, 1.54) is 5.56 Å². The lowest BCUT2D eigenvalue weighted by Crippen LogP contribution is -2.24. The summed E-state index contributed by atoms with van der Waals surface area (Å²) < 4.78 is 0. The van der Waals surface area contributed by atoms with Crippen LogP contribution in [0.3, 0.4) is 0 Å². The van der Waals surface area contributed by atoms with Crippen molar-refractivity contribution in [1.29, 1.82) is 0 Å². The minimum absolute atomic E-state index is 0.166. The number of aromatic nitrogens is 1. The maximum Gasteiger partial charge on any atom is 0.270 e. The van der Waals surface area contributed by atoms with E-state index < -0.39 is 0 Å². The maximum absolute atomic E-state index is 12.2. The van der Waals surface area contributed by atoms with Crippen LogP contribution in [-0.4, -0.2) is 17.9 Å². The zero-order valence-electron chi connectivity index (χ0n) is 14.2. The van der Waals surface area contributed by atoms with Crippen LogP contribution in [-0.2, 0) is 13.1 Å². The molecule has 0 aliphatic rings. The predicted molar refractivity (Wildman–Crippen MR) is 100 cm³/mol. The van der Waals surface area contributed by atoms with Crippen LogP contribution in [0.5, 0.6) is 0 Å². The van der Waals surface area contributed by atoms with Gasteiger partial charge in [0.25, 0.3) is 5.91 Å². The lowest BCUT2D eigenvalue weighted by molar-refractivity contribution is 0.0946. The molecule has 0 bridgehead atoms. The molecule has 0 saturated heterocycles. The third kappa shape index (κ3) is 4.67. The highest BCUT2D eigenvalue weighted by molar-refractivity contribution is 5.92. The predicted octanol–water partition coefficient (Wildman–Crippen LogP) is 3.65. The molecule has 0 saturated carbocycles. The lowest BCUT2D eigenvalue weighted by Gasteiger charge is -2.19. The molecule has 3 aromatic rings. The molecule has 1 N–H and O–H groups in total. The smallest absolute Gasteiger partial charge is 0.270 e. The van der Waals surface area contributed by atoms with Crippen molar-refractivity contribution in [2.45, 2.75) is 13.1 Å². The van der Waals surface area contributed by atoms with Gasteiger partial charge in [-0.1, -0.05) is 60.7 Å². The van der Waals surface area contributed by atoms with Crippen LogP contribution in [0, 0.1) is 0 Å². The van der Waals surface area contributed by atoms with Gasteiger partial charge in [-0.25, -0.2) is 4.98 Å². The molecule has 3 rings (SSSR count). The molecule has 2 aromatic carbocycles. The van der Waals surface area contributed by atoms with E-state index in [2.05, 4.69) is 27.3 Å². The second-order valence-electron chi connectivity index (χ2n) is 5.91. The van der Waals surface area contributed by atoms with Crippen molar-refractivity contribution in [3.05, 3.63) is 95.8 Å². The molecule has 0 aliphatic carbocycles. The SMILES string of the molecule is CN(Cc1ccccc1)c1ccc(C(=O)NCc2ccccc2)nc1. The first-order valence-electron chi connectivity index (χ1n) is 8.25. The maximum atomic E-state index is 12.2. The quantitative estimate of drug-likeness (QED) is 0.750. The van der Waals surface area contributed by atoms with Gasteiger partial charge in [-0.05, 0) is 23.3 Å². The molecule has 1 aromatic heterocycles. The first-order chi connectivity index (χ1) is 12.2. The van der Waals surface area contributed by atoms with Gasteiger partial charge in [-0.15, -0.1) is 0 Å². The fraction of sp³-hybridized carbons (Fsp3) is 0.143. The van der Waals surface area contributed by atoms with Gasteiger partial charge in [0.2, 0.25) is 0 Å². The molecule has 0 spiro atoms. The molecule has 0 radical (unpaired) electrons. The summed E-state index contributed by atoms with van der Waals surface area (Å²) in [5, 5.41) is 2.89. The van der Waals surface area contributed by atoms with Gasteiger partial charge in [0.05, 0.1) is 11.9 Å². The van der Waals surface area contributed by atoms with Gasteiger partial charge in [-0.3, -0.25) is 4.79 Å². The summed E-state index contributed by atoms with van der Waals surface area (Å²) in [7, 11) is 2.01. The van der Waals surface area contributed by atoms with Crippen LogP contribution in [0.2, 0.25) is 0 Å². The Morgan fingerprint density at radius 1 is 0.920 bits per heavy atom. The standard InChI is InChI=1S/C21H21N3O/c1-24(16-18-10-6-3-7-11-18)19-12-13-20(22-15-19)21(25)23-14-17-8-4-2-5-9-17/h2-13,15H,14,16H2,1H3,(H,23,25). The first-order valence-corrected chi connectivity index (χ1v) is 8.25. The molecule has 4 heteroatoms. The van der Waals surface area contributed by atoms with Crippen molar-refractivity contribution in [3.63, 3.8) is 0 Å². The van der Waals surface area contributed by atoms with Crippen molar-refractivity contribution < 1.29 is 4.79 Å². The number of nitrogens with one attached hydrogen (secondary N) is 1. The van der Waals surface area contributed by atoms with Crippen LogP contribution in [0.15, 0.2) is 79.0 Å². The number of pyridine rings is 1. The van der Waals surface area contributed by atoms with Gasteiger partial charge in [0, 0.05) is 20.1 Å². The number of rotatable bonds is 6. The highest BCUT2D eigenvalue weighted by Crippen LogP contribution is 2.14. The fourth-order valence-corrected chi connectivity index (χ4v) is 2.56. The zero-order valence-corrected chi connectivity index (χ0v) is 14.2. The van der Waals surface area contributed by atoms with Gasteiger partial charge in [-0.2, -0.15) is 0 Å². The summed E-state index contributed by atoms with van der Waals surface area (Å²) in [6.45, 7) is 1.29. The summed E-state index contributed by atoms with van der Waals surface area (Å²) in [5.74, 6) is -0.166. The molecule has 1 amide bonds. The monoisotopic (exact) mass is 331 g/mol. The molecule has 0 atom stereocenters. The van der Waals surface area contributed by atoms with Crippen molar-refractivity contribution >= 4 is 11.6 Å². The van der Waals surface area contributed by atoms with Gasteiger partial charge in [0.15, 0.2) is 0 Å². The number of anilines is 1. The van der Waals surface area contributed by atoms with E-state index in [-0.39, 0.29) is 5.91 Å². The molecular weight excluding hydrogens is 310 g/mol. The van der Waals surface area contributed by atoms with Gasteiger partial charge in [0.1, 0.15) is 5.69 Å². The average Bonchev–Trinajstić information content (AvgIpc) is 2.68. The van der Waals surface area contributed by atoms with E-state index in [0.717, 1.165) is 17.8 Å². The number of hydrogen-bond donors (Lipinski definition) is 1. The Morgan fingerprint density at radius 2 is 1.56 bits per heavy atom. The Labute approximate surface area is 148 Å². The van der Waals surface area contributed by atoms with Crippen LogP contribution >= 0.6 is 0 Å². The van der Waals surface area contributed by atoms with Crippen molar-refractivity contribution in [2.75, 3.05) is 11.9 Å². The van der Waals surface area contributed by atoms with E-state index in [1.54, 1.807) is 12.3 Å². The normalized spacial score (nSPS) is 10.3. The molecule has 0 fully saturated rings. The third-order valence-electron chi connectivity index (χ3n) is 3.98. The Morgan fingerprint density at radius 3 is 2.16 bits per heavy atom. The molecular formula is C21H21N3O. The Balaban J connectivity index is 1.58. The number of hydrogen-bond acceptors (Lipinski definition) is 3. The van der Waals surface area contributed by atoms with Gasteiger partial charge < -0.3 is 10.2 Å². The largest absolute Gasteiger partial charge is 0.369 e. The number of benzene rings is 2. The molecule has 126 valence electrons. The average molecular weight is 331 g/mol. The summed E-state index contributed by atoms with van der Waals surface area (Å²) in [4.78, 5) is 18.6. The van der Waals surface area contributed by atoms with E-state index in [9.17, 15) is 4.79 Å². The first kappa shape index (κ1) is 16.7. The highest BCUT2D eigenvalue weighted by atomic mass is 16.1. The summed E-state index contributed by atoms with van der Waals surface area (Å²) in [6, 6.07) is 23.8. The molecule has 0 unspecified atom stereocenters. The van der Waals surface area contributed by atoms with Crippen LogP contribution in [0.1, 0.15) is 21.6 Å². The van der Waals surface area contributed by atoms with E-state index in [0.29, 0.717) is 12.2 Å². The van der Waals surface area contributed by atoms with Crippen LogP contribution in [0.25, 0.3) is 0 Å². The Bertz CT molecular complexity index is 802. The van der Waals surface area contributed by atoms with E-state index >= 15 is 0 Å². The molecule has 1 heterocycles. The molecule has 0 aliphatic heterocycles. The number of carbonyl (C=O) groups excluding carboxylic acids is 1. The Hall–Kier alpha value is -3.14. The third-order valence-corrected chi connectivity index (χ3v) is 3.98. The zero-order chi connectivity index (χ0) is 17.5. The topological polar surface area (TPSA) is 45.2 Å². The van der Waals surface area contributed by atoms with E-state index in [1.807, 2.05) is 61.6 Å². The summed E-state index contributed by atoms with van der Waals surface area (Å²) in [6.07, 6.45) is 1.74. The van der Waals surface area contributed by atoms with Crippen molar-refractivity contribution in [1.82, 2.24) is 10.3 Å². The lowest BCUT2D eigenvalue weighted by atomic mass is 10.2. The number of nitrogens with zero attached hydrogens (tertiary/aromatic N) is 2. The minimum atomic E-state index is -0.166.